The van der Waals surface area contributed by atoms with Crippen molar-refractivity contribution >= 4 is 5.78 Å². The molecule has 3 rings (SSSR count). The molecule has 0 saturated carbocycles. The SMILES string of the molecule is CN1CCCC2(CC(=O)c3ccc(F)cc3O2)C1. The first kappa shape index (κ1) is 11.7. The number of Topliss-reactive ketones (excluding diaryl/α,β-unsaturated/α-hetero) is 1. The van der Waals surface area contributed by atoms with Gasteiger partial charge in [-0.2, -0.15) is 0 Å². The Labute approximate surface area is 106 Å². The third-order valence-electron chi connectivity index (χ3n) is 3.78. The molecule has 2 aliphatic rings. The highest BCUT2D eigenvalue weighted by atomic mass is 19.1. The zero-order valence-electron chi connectivity index (χ0n) is 10.4. The van der Waals surface area contributed by atoms with Gasteiger partial charge >= 0.3 is 0 Å². The molecule has 1 fully saturated rings. The van der Waals surface area contributed by atoms with Gasteiger partial charge in [-0.05, 0) is 38.6 Å². The highest BCUT2D eigenvalue weighted by Gasteiger charge is 2.42. The standard InChI is InChI=1S/C14H16FNO2/c1-16-6-2-5-14(9-16)8-12(17)11-4-3-10(15)7-13(11)18-14/h3-4,7H,2,5-6,8-9H2,1H3. The number of carbonyl (C=O) groups is 1. The van der Waals surface area contributed by atoms with E-state index in [4.69, 9.17) is 4.74 Å². The van der Waals surface area contributed by atoms with E-state index >= 15 is 0 Å². The quantitative estimate of drug-likeness (QED) is 0.706. The Bertz CT molecular complexity index is 503. The first-order valence-corrected chi connectivity index (χ1v) is 6.28. The molecule has 0 radical (unpaired) electrons. The molecule has 2 aliphatic heterocycles. The number of carbonyl (C=O) groups excluding carboxylic acids is 1. The van der Waals surface area contributed by atoms with Crippen molar-refractivity contribution in [2.24, 2.45) is 0 Å². The van der Waals surface area contributed by atoms with Crippen molar-refractivity contribution in [2.45, 2.75) is 24.9 Å². The molecule has 1 aromatic carbocycles. The van der Waals surface area contributed by atoms with Crippen LogP contribution in [-0.4, -0.2) is 36.4 Å². The van der Waals surface area contributed by atoms with E-state index in [9.17, 15) is 9.18 Å². The van der Waals surface area contributed by atoms with Crippen LogP contribution in [0.25, 0.3) is 0 Å². The van der Waals surface area contributed by atoms with Gasteiger partial charge in [0.1, 0.15) is 17.2 Å². The molecular weight excluding hydrogens is 233 g/mol. The maximum absolute atomic E-state index is 13.3. The van der Waals surface area contributed by atoms with Crippen LogP contribution in [0.15, 0.2) is 18.2 Å². The summed E-state index contributed by atoms with van der Waals surface area (Å²) in [5, 5.41) is 0. The number of likely N-dealkylation sites (tertiary alicyclic amines) is 1. The van der Waals surface area contributed by atoms with Gasteiger partial charge in [-0.3, -0.25) is 4.79 Å². The van der Waals surface area contributed by atoms with Crippen molar-refractivity contribution in [3.8, 4) is 5.75 Å². The number of rotatable bonds is 0. The average Bonchev–Trinajstić information content (AvgIpc) is 2.27. The zero-order valence-corrected chi connectivity index (χ0v) is 10.4. The van der Waals surface area contributed by atoms with Gasteiger partial charge in [-0.15, -0.1) is 0 Å². The molecular formula is C14H16FNO2. The number of nitrogens with zero attached hydrogens (tertiary/aromatic N) is 1. The fourth-order valence-electron chi connectivity index (χ4n) is 3.02. The largest absolute Gasteiger partial charge is 0.485 e. The zero-order chi connectivity index (χ0) is 12.8. The topological polar surface area (TPSA) is 29.5 Å². The van der Waals surface area contributed by atoms with Crippen LogP contribution in [0.2, 0.25) is 0 Å². The van der Waals surface area contributed by atoms with E-state index in [-0.39, 0.29) is 11.6 Å². The van der Waals surface area contributed by atoms with E-state index < -0.39 is 5.60 Å². The number of likely N-dealkylation sites (N-methyl/N-ethyl adjacent to an activating group) is 1. The molecule has 0 amide bonds. The lowest BCUT2D eigenvalue weighted by Crippen LogP contribution is -2.53. The molecule has 3 nitrogen and oxygen atoms in total. The van der Waals surface area contributed by atoms with Gasteiger partial charge in [-0.1, -0.05) is 0 Å². The maximum atomic E-state index is 13.3. The number of benzene rings is 1. The summed E-state index contributed by atoms with van der Waals surface area (Å²) in [6.45, 7) is 1.75. The normalized spacial score (nSPS) is 28.0. The first-order chi connectivity index (χ1) is 8.58. The van der Waals surface area contributed by atoms with Crippen LogP contribution in [0.3, 0.4) is 0 Å². The van der Waals surface area contributed by atoms with Gasteiger partial charge in [0.2, 0.25) is 0 Å². The lowest BCUT2D eigenvalue weighted by Gasteiger charge is -2.43. The molecule has 1 atom stereocenters. The highest BCUT2D eigenvalue weighted by molar-refractivity contribution is 6.00. The van der Waals surface area contributed by atoms with Crippen molar-refractivity contribution in [1.29, 1.82) is 0 Å². The Balaban J connectivity index is 1.97. The molecule has 1 aromatic rings. The Morgan fingerprint density at radius 3 is 3.06 bits per heavy atom. The van der Waals surface area contributed by atoms with Gasteiger partial charge in [0.05, 0.1) is 12.0 Å². The van der Waals surface area contributed by atoms with Gasteiger partial charge in [0, 0.05) is 12.6 Å². The molecule has 2 heterocycles. The second-order valence-corrected chi connectivity index (χ2v) is 5.37. The van der Waals surface area contributed by atoms with Crippen LogP contribution >= 0.6 is 0 Å². The number of ketones is 1. The molecule has 96 valence electrons. The molecule has 0 aromatic heterocycles. The molecule has 18 heavy (non-hydrogen) atoms. The molecule has 1 spiro atoms. The molecule has 1 unspecified atom stereocenters. The lowest BCUT2D eigenvalue weighted by molar-refractivity contribution is -0.0106. The summed E-state index contributed by atoms with van der Waals surface area (Å²) in [6.07, 6.45) is 2.27. The summed E-state index contributed by atoms with van der Waals surface area (Å²) >= 11 is 0. The van der Waals surface area contributed by atoms with E-state index in [1.807, 2.05) is 7.05 Å². The minimum Gasteiger partial charge on any atom is -0.485 e. The van der Waals surface area contributed by atoms with Crippen LogP contribution in [-0.2, 0) is 0 Å². The summed E-state index contributed by atoms with van der Waals surface area (Å²) in [6, 6.07) is 4.15. The predicted molar refractivity (Wildman–Crippen MR) is 65.4 cm³/mol. The summed E-state index contributed by atoms with van der Waals surface area (Å²) in [7, 11) is 2.02. The number of ether oxygens (including phenoxy) is 1. The third kappa shape index (κ3) is 1.90. The first-order valence-electron chi connectivity index (χ1n) is 6.28. The van der Waals surface area contributed by atoms with Crippen LogP contribution in [0, 0.1) is 5.82 Å². The van der Waals surface area contributed by atoms with Crippen molar-refractivity contribution in [3.05, 3.63) is 29.6 Å². The minimum atomic E-state index is -0.453. The molecule has 1 saturated heterocycles. The minimum absolute atomic E-state index is 0.0616. The third-order valence-corrected chi connectivity index (χ3v) is 3.78. The smallest absolute Gasteiger partial charge is 0.170 e. The number of piperidine rings is 1. The van der Waals surface area contributed by atoms with Gasteiger partial charge in [0.15, 0.2) is 5.78 Å². The fourth-order valence-corrected chi connectivity index (χ4v) is 3.02. The van der Waals surface area contributed by atoms with Crippen LogP contribution < -0.4 is 4.74 Å². The highest BCUT2D eigenvalue weighted by Crippen LogP contribution is 2.38. The van der Waals surface area contributed by atoms with E-state index in [2.05, 4.69) is 4.90 Å². The molecule has 0 bridgehead atoms. The Morgan fingerprint density at radius 2 is 2.28 bits per heavy atom. The number of hydrogen-bond acceptors (Lipinski definition) is 3. The molecule has 0 aliphatic carbocycles. The van der Waals surface area contributed by atoms with E-state index in [1.54, 1.807) is 0 Å². The average molecular weight is 249 g/mol. The van der Waals surface area contributed by atoms with Crippen molar-refractivity contribution < 1.29 is 13.9 Å². The Hall–Kier alpha value is -1.42. The predicted octanol–water partition coefficient (Wildman–Crippen LogP) is 2.26. The van der Waals surface area contributed by atoms with E-state index in [0.29, 0.717) is 17.7 Å². The van der Waals surface area contributed by atoms with Crippen molar-refractivity contribution in [2.75, 3.05) is 20.1 Å². The van der Waals surface area contributed by atoms with E-state index in [0.717, 1.165) is 25.9 Å². The number of halogens is 1. The van der Waals surface area contributed by atoms with Crippen molar-refractivity contribution in [1.82, 2.24) is 4.90 Å². The Morgan fingerprint density at radius 1 is 1.44 bits per heavy atom. The number of fused-ring (bicyclic) bond motifs is 1. The summed E-state index contributed by atoms with van der Waals surface area (Å²) in [4.78, 5) is 14.3. The number of hydrogen-bond donors (Lipinski definition) is 0. The fraction of sp³-hybridized carbons (Fsp3) is 0.500. The lowest BCUT2D eigenvalue weighted by atomic mass is 9.84. The Kier molecular flexibility index (Phi) is 2.63. The summed E-state index contributed by atoms with van der Waals surface area (Å²) in [5.41, 5.74) is 0.0560. The van der Waals surface area contributed by atoms with Gasteiger partial charge < -0.3 is 9.64 Å². The van der Waals surface area contributed by atoms with Crippen LogP contribution in [0.4, 0.5) is 4.39 Å². The summed E-state index contributed by atoms with van der Waals surface area (Å²) in [5.74, 6) is 0.107. The van der Waals surface area contributed by atoms with Crippen LogP contribution in [0.5, 0.6) is 5.75 Å². The molecule has 4 heteroatoms. The monoisotopic (exact) mass is 249 g/mol. The van der Waals surface area contributed by atoms with Crippen molar-refractivity contribution in [3.63, 3.8) is 0 Å². The summed E-state index contributed by atoms with van der Waals surface area (Å²) < 4.78 is 19.2. The second kappa shape index (κ2) is 4.05. The van der Waals surface area contributed by atoms with E-state index in [1.165, 1.54) is 18.2 Å². The van der Waals surface area contributed by atoms with Crippen LogP contribution in [0.1, 0.15) is 29.6 Å². The van der Waals surface area contributed by atoms with Gasteiger partial charge in [-0.25, -0.2) is 4.39 Å². The van der Waals surface area contributed by atoms with Gasteiger partial charge in [0.25, 0.3) is 0 Å². The second-order valence-electron chi connectivity index (χ2n) is 5.37. The molecule has 0 N–H and O–H groups in total. The maximum Gasteiger partial charge on any atom is 0.170 e.